The van der Waals surface area contributed by atoms with Crippen LogP contribution in [0, 0.1) is 5.92 Å². The minimum atomic E-state index is -0.356. The number of benzene rings is 1. The van der Waals surface area contributed by atoms with Crippen molar-refractivity contribution < 1.29 is 19.1 Å². The van der Waals surface area contributed by atoms with Crippen LogP contribution in [0.1, 0.15) is 49.4 Å². The number of nitrogens with one attached hydrogen (secondary N) is 2. The van der Waals surface area contributed by atoms with Gasteiger partial charge in [-0.1, -0.05) is 18.9 Å². The number of fused-ring (bicyclic) bond motifs is 1. The number of likely N-dealkylation sites (tertiary alicyclic amines) is 1. The standard InChI is InChI=1S/C21H29N3O4/c1-3-22-20(26)15-8-6-9-16(11-15)23-19(25)13-24-17-10-5-4-7-14(17)12-18(24)21(27)28-2/h6,8-9,11,14,17-18H,3-5,7,10,12-13H2,1-2H3,(H,22,26)(H,23,25). The molecule has 2 aliphatic rings. The van der Waals surface area contributed by atoms with E-state index in [1.807, 2.05) is 11.8 Å². The second-order valence-electron chi connectivity index (χ2n) is 7.55. The Morgan fingerprint density at radius 3 is 2.75 bits per heavy atom. The summed E-state index contributed by atoms with van der Waals surface area (Å²) in [6.07, 6.45) is 5.18. The van der Waals surface area contributed by atoms with Gasteiger partial charge in [0.05, 0.1) is 13.7 Å². The normalized spacial score (nSPS) is 24.3. The van der Waals surface area contributed by atoms with Gasteiger partial charge < -0.3 is 15.4 Å². The van der Waals surface area contributed by atoms with Crippen LogP contribution < -0.4 is 10.6 Å². The summed E-state index contributed by atoms with van der Waals surface area (Å²) in [5.74, 6) is -0.172. The summed E-state index contributed by atoms with van der Waals surface area (Å²) in [5, 5.41) is 5.61. The lowest BCUT2D eigenvalue weighted by atomic mass is 9.85. The van der Waals surface area contributed by atoms with Gasteiger partial charge in [0.25, 0.3) is 5.91 Å². The van der Waals surface area contributed by atoms with Crippen LogP contribution in [0.5, 0.6) is 0 Å². The van der Waals surface area contributed by atoms with E-state index in [1.54, 1.807) is 24.3 Å². The lowest BCUT2D eigenvalue weighted by molar-refractivity contribution is -0.146. The molecule has 3 atom stereocenters. The summed E-state index contributed by atoms with van der Waals surface area (Å²) >= 11 is 0. The SMILES string of the molecule is CCNC(=O)c1cccc(NC(=O)CN2C(C(=O)OC)CC3CCCCC32)c1. The van der Waals surface area contributed by atoms with Gasteiger partial charge in [-0.3, -0.25) is 19.3 Å². The highest BCUT2D eigenvalue weighted by molar-refractivity contribution is 5.97. The van der Waals surface area contributed by atoms with Gasteiger partial charge in [-0.05, 0) is 50.3 Å². The quantitative estimate of drug-likeness (QED) is 0.731. The van der Waals surface area contributed by atoms with Crippen LogP contribution in [0.2, 0.25) is 0 Å². The molecule has 2 N–H and O–H groups in total. The van der Waals surface area contributed by atoms with E-state index in [-0.39, 0.29) is 36.4 Å². The number of carbonyl (C=O) groups is 3. The monoisotopic (exact) mass is 387 g/mol. The number of amides is 2. The third-order valence-electron chi connectivity index (χ3n) is 5.77. The second kappa shape index (κ2) is 9.19. The van der Waals surface area contributed by atoms with Crippen LogP contribution in [0.15, 0.2) is 24.3 Å². The molecular formula is C21H29N3O4. The smallest absolute Gasteiger partial charge is 0.323 e. The van der Waals surface area contributed by atoms with E-state index >= 15 is 0 Å². The molecule has 1 saturated heterocycles. The highest BCUT2D eigenvalue weighted by atomic mass is 16.5. The Morgan fingerprint density at radius 1 is 1.21 bits per heavy atom. The fourth-order valence-corrected chi connectivity index (χ4v) is 4.52. The minimum absolute atomic E-state index is 0.145. The zero-order valence-corrected chi connectivity index (χ0v) is 16.6. The van der Waals surface area contributed by atoms with Crippen molar-refractivity contribution in [3.8, 4) is 0 Å². The number of methoxy groups -OCH3 is 1. The molecule has 1 aliphatic heterocycles. The average molecular weight is 387 g/mol. The van der Waals surface area contributed by atoms with Gasteiger partial charge in [-0.25, -0.2) is 0 Å². The van der Waals surface area contributed by atoms with Crippen molar-refractivity contribution in [1.29, 1.82) is 0 Å². The molecule has 3 rings (SSSR count). The molecule has 0 radical (unpaired) electrons. The van der Waals surface area contributed by atoms with Crippen molar-refractivity contribution in [1.82, 2.24) is 10.2 Å². The predicted molar refractivity (Wildman–Crippen MR) is 106 cm³/mol. The first-order valence-corrected chi connectivity index (χ1v) is 10.0. The lowest BCUT2D eigenvalue weighted by Gasteiger charge is -2.32. The summed E-state index contributed by atoms with van der Waals surface area (Å²) < 4.78 is 4.98. The first-order valence-electron chi connectivity index (χ1n) is 10.0. The summed E-state index contributed by atoms with van der Waals surface area (Å²) in [6.45, 7) is 2.55. The molecule has 0 aromatic heterocycles. The number of esters is 1. The van der Waals surface area contributed by atoms with E-state index in [9.17, 15) is 14.4 Å². The van der Waals surface area contributed by atoms with Gasteiger partial charge in [0.15, 0.2) is 0 Å². The molecule has 1 aromatic rings. The van der Waals surface area contributed by atoms with Gasteiger partial charge in [0, 0.05) is 23.8 Å². The van der Waals surface area contributed by atoms with E-state index in [1.165, 1.54) is 13.5 Å². The van der Waals surface area contributed by atoms with Gasteiger partial charge in [-0.2, -0.15) is 0 Å². The fraction of sp³-hybridized carbons (Fsp3) is 0.571. The van der Waals surface area contributed by atoms with Crippen LogP contribution in [-0.2, 0) is 14.3 Å². The first kappa shape index (κ1) is 20.3. The minimum Gasteiger partial charge on any atom is -0.468 e. The summed E-state index contributed by atoms with van der Waals surface area (Å²) in [6, 6.07) is 6.77. The molecule has 0 bridgehead atoms. The maximum Gasteiger partial charge on any atom is 0.323 e. The molecule has 1 aliphatic carbocycles. The van der Waals surface area contributed by atoms with Crippen LogP contribution in [0.25, 0.3) is 0 Å². The average Bonchev–Trinajstić information content (AvgIpc) is 3.06. The van der Waals surface area contributed by atoms with Crippen molar-refractivity contribution in [2.24, 2.45) is 5.92 Å². The Morgan fingerprint density at radius 2 is 2.00 bits per heavy atom. The van der Waals surface area contributed by atoms with Crippen LogP contribution >= 0.6 is 0 Å². The van der Waals surface area contributed by atoms with Crippen molar-refractivity contribution in [2.45, 2.75) is 51.1 Å². The van der Waals surface area contributed by atoms with Crippen molar-refractivity contribution >= 4 is 23.5 Å². The van der Waals surface area contributed by atoms with Crippen LogP contribution in [0.4, 0.5) is 5.69 Å². The first-order chi connectivity index (χ1) is 13.5. The van der Waals surface area contributed by atoms with Crippen molar-refractivity contribution in [3.05, 3.63) is 29.8 Å². The molecule has 7 nitrogen and oxygen atoms in total. The largest absolute Gasteiger partial charge is 0.468 e. The number of hydrogen-bond acceptors (Lipinski definition) is 5. The fourth-order valence-electron chi connectivity index (χ4n) is 4.52. The third-order valence-corrected chi connectivity index (χ3v) is 5.77. The maximum absolute atomic E-state index is 12.7. The Labute approximate surface area is 165 Å². The van der Waals surface area contributed by atoms with E-state index in [4.69, 9.17) is 4.74 Å². The molecule has 28 heavy (non-hydrogen) atoms. The number of ether oxygens (including phenoxy) is 1. The van der Waals surface area contributed by atoms with E-state index < -0.39 is 0 Å². The molecule has 152 valence electrons. The Hall–Kier alpha value is -2.41. The number of rotatable bonds is 6. The third kappa shape index (κ3) is 4.52. The predicted octanol–water partition coefficient (Wildman–Crippen LogP) is 2.18. The van der Waals surface area contributed by atoms with E-state index in [2.05, 4.69) is 10.6 Å². The molecule has 1 heterocycles. The van der Waals surface area contributed by atoms with Gasteiger partial charge in [0.1, 0.15) is 6.04 Å². The number of hydrogen-bond donors (Lipinski definition) is 2. The maximum atomic E-state index is 12.7. The lowest BCUT2D eigenvalue weighted by Crippen LogP contribution is -2.46. The van der Waals surface area contributed by atoms with E-state index in [0.29, 0.717) is 23.7 Å². The van der Waals surface area contributed by atoms with Gasteiger partial charge in [-0.15, -0.1) is 0 Å². The van der Waals surface area contributed by atoms with E-state index in [0.717, 1.165) is 25.7 Å². The van der Waals surface area contributed by atoms with Crippen LogP contribution in [-0.4, -0.2) is 55.0 Å². The number of anilines is 1. The number of nitrogens with zero attached hydrogens (tertiary/aromatic N) is 1. The zero-order valence-electron chi connectivity index (χ0n) is 16.6. The number of carbonyl (C=O) groups excluding carboxylic acids is 3. The zero-order chi connectivity index (χ0) is 20.1. The van der Waals surface area contributed by atoms with Crippen molar-refractivity contribution in [3.63, 3.8) is 0 Å². The molecular weight excluding hydrogens is 358 g/mol. The second-order valence-corrected chi connectivity index (χ2v) is 7.55. The molecule has 1 saturated carbocycles. The Balaban J connectivity index is 1.68. The topological polar surface area (TPSA) is 87.7 Å². The highest BCUT2D eigenvalue weighted by Crippen LogP contribution is 2.39. The van der Waals surface area contributed by atoms with Gasteiger partial charge in [0.2, 0.25) is 5.91 Å². The van der Waals surface area contributed by atoms with Gasteiger partial charge >= 0.3 is 5.97 Å². The summed E-state index contributed by atoms with van der Waals surface area (Å²) in [7, 11) is 1.40. The Kier molecular flexibility index (Phi) is 6.67. The summed E-state index contributed by atoms with van der Waals surface area (Å²) in [4.78, 5) is 38.9. The Bertz CT molecular complexity index is 736. The molecule has 2 amide bonds. The van der Waals surface area contributed by atoms with Crippen molar-refractivity contribution in [2.75, 3.05) is 25.5 Å². The molecule has 0 spiro atoms. The molecule has 7 heteroatoms. The molecule has 3 unspecified atom stereocenters. The highest BCUT2D eigenvalue weighted by Gasteiger charge is 2.46. The summed E-state index contributed by atoms with van der Waals surface area (Å²) in [5.41, 5.74) is 1.07. The molecule has 1 aromatic carbocycles. The van der Waals surface area contributed by atoms with Crippen LogP contribution in [0.3, 0.4) is 0 Å². The molecule has 2 fully saturated rings.